The first-order valence-corrected chi connectivity index (χ1v) is 11.4. The van der Waals surface area contributed by atoms with E-state index >= 15 is 0 Å². The van der Waals surface area contributed by atoms with Crippen LogP contribution in [0.2, 0.25) is 0 Å². The van der Waals surface area contributed by atoms with Crippen molar-refractivity contribution in [3.63, 3.8) is 0 Å². The van der Waals surface area contributed by atoms with Gasteiger partial charge >= 0.3 is 0 Å². The molecule has 3 aromatic rings. The standard InChI is InChI=1S/C21H25FN6O2S/c1-13(2)31(29)19-5-4-15(10-24-19)26-21-25-11-17(22)20(27-21)18-12-23-14(3)28(18)16-6-8-30-9-7-16/h4-5,10-13,16H,6-9H2,1-3H3,(H,25,26,27). The van der Waals surface area contributed by atoms with Crippen molar-refractivity contribution in [2.45, 2.75) is 49.9 Å². The number of rotatable bonds is 6. The summed E-state index contributed by atoms with van der Waals surface area (Å²) in [5, 5.41) is 3.54. The number of imidazole rings is 1. The number of nitrogens with zero attached hydrogens (tertiary/aromatic N) is 5. The fourth-order valence-corrected chi connectivity index (χ4v) is 4.43. The van der Waals surface area contributed by atoms with Crippen LogP contribution in [0.5, 0.6) is 0 Å². The SMILES string of the molecule is Cc1ncc(-c2nc(Nc3ccc(S(=O)C(C)C)nc3)ncc2F)n1C1CCOCC1. The minimum absolute atomic E-state index is 0.0154. The van der Waals surface area contributed by atoms with Gasteiger partial charge in [-0.1, -0.05) is 13.8 Å². The van der Waals surface area contributed by atoms with Crippen molar-refractivity contribution >= 4 is 22.4 Å². The monoisotopic (exact) mass is 444 g/mol. The topological polar surface area (TPSA) is 94.8 Å². The Labute approximate surface area is 182 Å². The van der Waals surface area contributed by atoms with Gasteiger partial charge in [0.15, 0.2) is 5.82 Å². The quantitative estimate of drug-likeness (QED) is 0.618. The first kappa shape index (κ1) is 21.5. The molecule has 4 heterocycles. The predicted octanol–water partition coefficient (Wildman–Crippen LogP) is 3.79. The van der Waals surface area contributed by atoms with E-state index in [2.05, 4.69) is 25.3 Å². The van der Waals surface area contributed by atoms with Crippen LogP contribution in [0.3, 0.4) is 0 Å². The number of pyridine rings is 1. The number of anilines is 2. The first-order valence-electron chi connectivity index (χ1n) is 10.2. The van der Waals surface area contributed by atoms with Crippen molar-refractivity contribution in [1.29, 1.82) is 0 Å². The van der Waals surface area contributed by atoms with Crippen LogP contribution in [0.1, 0.15) is 38.6 Å². The minimum atomic E-state index is -1.16. The molecule has 0 aliphatic carbocycles. The normalized spacial score (nSPS) is 15.9. The second kappa shape index (κ2) is 9.19. The molecule has 0 amide bonds. The molecule has 31 heavy (non-hydrogen) atoms. The van der Waals surface area contributed by atoms with E-state index in [-0.39, 0.29) is 22.9 Å². The van der Waals surface area contributed by atoms with E-state index in [1.165, 1.54) is 0 Å². The van der Waals surface area contributed by atoms with E-state index in [0.29, 0.717) is 29.6 Å². The van der Waals surface area contributed by atoms with Gasteiger partial charge in [0, 0.05) is 24.5 Å². The Kier molecular flexibility index (Phi) is 6.38. The summed E-state index contributed by atoms with van der Waals surface area (Å²) in [6, 6.07) is 3.65. The van der Waals surface area contributed by atoms with Crippen LogP contribution in [0.25, 0.3) is 11.4 Å². The Morgan fingerprint density at radius 3 is 2.61 bits per heavy atom. The van der Waals surface area contributed by atoms with E-state index in [0.717, 1.165) is 24.9 Å². The van der Waals surface area contributed by atoms with Gasteiger partial charge in [0.25, 0.3) is 0 Å². The van der Waals surface area contributed by atoms with Crippen LogP contribution in [0.15, 0.2) is 35.7 Å². The Balaban J connectivity index is 1.61. The van der Waals surface area contributed by atoms with Gasteiger partial charge in [-0.25, -0.2) is 24.3 Å². The predicted molar refractivity (Wildman–Crippen MR) is 116 cm³/mol. The Bertz CT molecular complexity index is 1080. The van der Waals surface area contributed by atoms with Gasteiger partial charge < -0.3 is 14.6 Å². The average Bonchev–Trinajstić information content (AvgIpc) is 3.16. The summed E-state index contributed by atoms with van der Waals surface area (Å²) in [5.41, 5.74) is 1.43. The van der Waals surface area contributed by atoms with Gasteiger partial charge in [-0.05, 0) is 31.9 Å². The molecule has 1 atom stereocenters. The van der Waals surface area contributed by atoms with Gasteiger partial charge in [-0.15, -0.1) is 0 Å². The molecule has 0 bridgehead atoms. The van der Waals surface area contributed by atoms with Crippen molar-refractivity contribution < 1.29 is 13.3 Å². The summed E-state index contributed by atoms with van der Waals surface area (Å²) >= 11 is 0. The number of halogens is 1. The number of aromatic nitrogens is 5. The molecule has 0 saturated carbocycles. The maximum atomic E-state index is 14.7. The van der Waals surface area contributed by atoms with Crippen molar-refractivity contribution in [2.24, 2.45) is 0 Å². The fraction of sp³-hybridized carbons (Fsp3) is 0.429. The number of hydrogen-bond donors (Lipinski definition) is 1. The second-order valence-corrected chi connectivity index (χ2v) is 9.61. The molecule has 3 aromatic heterocycles. The lowest BCUT2D eigenvalue weighted by Gasteiger charge is -2.26. The van der Waals surface area contributed by atoms with E-state index < -0.39 is 16.6 Å². The molecule has 0 aromatic carbocycles. The largest absolute Gasteiger partial charge is 0.381 e. The molecule has 1 N–H and O–H groups in total. The van der Waals surface area contributed by atoms with E-state index in [9.17, 15) is 8.60 Å². The lowest BCUT2D eigenvalue weighted by Crippen LogP contribution is -2.21. The molecule has 0 radical (unpaired) electrons. The number of aryl methyl sites for hydroxylation is 1. The molecule has 8 nitrogen and oxygen atoms in total. The molecule has 1 aliphatic rings. The number of ether oxygens (including phenoxy) is 1. The molecule has 164 valence electrons. The highest BCUT2D eigenvalue weighted by molar-refractivity contribution is 7.85. The summed E-state index contributed by atoms with van der Waals surface area (Å²) in [6.45, 7) is 7.01. The Hall–Kier alpha value is -2.72. The van der Waals surface area contributed by atoms with Crippen LogP contribution in [-0.2, 0) is 15.5 Å². The fourth-order valence-electron chi connectivity index (χ4n) is 3.58. The van der Waals surface area contributed by atoms with Crippen LogP contribution in [-0.4, -0.2) is 47.2 Å². The molecule has 4 rings (SSSR count). The average molecular weight is 445 g/mol. The molecule has 0 spiro atoms. The van der Waals surface area contributed by atoms with Crippen molar-refractivity contribution in [3.05, 3.63) is 42.4 Å². The summed E-state index contributed by atoms with van der Waals surface area (Å²) in [6.07, 6.45) is 6.06. The van der Waals surface area contributed by atoms with Crippen molar-refractivity contribution in [3.8, 4) is 11.4 Å². The summed E-state index contributed by atoms with van der Waals surface area (Å²) in [7, 11) is -1.16. The highest BCUT2D eigenvalue weighted by Crippen LogP contribution is 2.31. The maximum Gasteiger partial charge on any atom is 0.228 e. The van der Waals surface area contributed by atoms with Crippen LogP contribution >= 0.6 is 0 Å². The highest BCUT2D eigenvalue weighted by Gasteiger charge is 2.23. The second-order valence-electron chi connectivity index (χ2n) is 7.65. The van der Waals surface area contributed by atoms with Crippen molar-refractivity contribution in [1.82, 2.24) is 24.5 Å². The summed E-state index contributed by atoms with van der Waals surface area (Å²) in [4.78, 5) is 17.1. The van der Waals surface area contributed by atoms with E-state index in [1.807, 2.05) is 25.3 Å². The first-order chi connectivity index (χ1) is 14.9. The van der Waals surface area contributed by atoms with Crippen LogP contribution < -0.4 is 5.32 Å². The zero-order valence-corrected chi connectivity index (χ0v) is 18.5. The Morgan fingerprint density at radius 1 is 1.16 bits per heavy atom. The molecular formula is C21H25FN6O2S. The van der Waals surface area contributed by atoms with Gasteiger partial charge in [-0.3, -0.25) is 4.21 Å². The third-order valence-electron chi connectivity index (χ3n) is 5.15. The Morgan fingerprint density at radius 2 is 1.94 bits per heavy atom. The molecule has 1 fully saturated rings. The molecule has 1 unspecified atom stereocenters. The molecule has 1 saturated heterocycles. The zero-order valence-electron chi connectivity index (χ0n) is 17.7. The molecule has 10 heteroatoms. The summed E-state index contributed by atoms with van der Waals surface area (Å²) in [5.74, 6) is 0.542. The minimum Gasteiger partial charge on any atom is -0.381 e. The number of hydrogen-bond acceptors (Lipinski definition) is 7. The number of nitrogens with one attached hydrogen (secondary N) is 1. The van der Waals surface area contributed by atoms with Crippen LogP contribution in [0, 0.1) is 12.7 Å². The van der Waals surface area contributed by atoms with Gasteiger partial charge in [0.05, 0.1) is 40.8 Å². The van der Waals surface area contributed by atoms with Crippen molar-refractivity contribution in [2.75, 3.05) is 18.5 Å². The van der Waals surface area contributed by atoms with Gasteiger partial charge in [0.2, 0.25) is 5.95 Å². The lowest BCUT2D eigenvalue weighted by atomic mass is 10.1. The van der Waals surface area contributed by atoms with E-state index in [1.54, 1.807) is 24.5 Å². The van der Waals surface area contributed by atoms with E-state index in [4.69, 9.17) is 4.74 Å². The highest BCUT2D eigenvalue weighted by atomic mass is 32.2. The molecular weight excluding hydrogens is 419 g/mol. The van der Waals surface area contributed by atoms with Gasteiger partial charge in [-0.2, -0.15) is 0 Å². The third-order valence-corrected chi connectivity index (χ3v) is 6.66. The molecule has 1 aliphatic heterocycles. The zero-order chi connectivity index (χ0) is 22.0. The lowest BCUT2D eigenvalue weighted by molar-refractivity contribution is 0.0694. The van der Waals surface area contributed by atoms with Crippen LogP contribution in [0.4, 0.5) is 16.0 Å². The smallest absolute Gasteiger partial charge is 0.228 e. The third kappa shape index (κ3) is 4.64. The summed E-state index contributed by atoms with van der Waals surface area (Å²) < 4.78 is 34.4. The maximum absolute atomic E-state index is 14.7. The van der Waals surface area contributed by atoms with Gasteiger partial charge in [0.1, 0.15) is 16.5 Å².